The van der Waals surface area contributed by atoms with Crippen LogP contribution in [0.4, 0.5) is 0 Å². The molecule has 1 aromatic heterocycles. The predicted octanol–water partition coefficient (Wildman–Crippen LogP) is 3.70. The summed E-state index contributed by atoms with van der Waals surface area (Å²) in [5.41, 5.74) is 5.55. The molecule has 1 atom stereocenters. The van der Waals surface area contributed by atoms with Gasteiger partial charge in [-0.05, 0) is 38.2 Å². The molecular weight excluding hydrogens is 416 g/mol. The minimum absolute atomic E-state index is 0.172. The lowest BCUT2D eigenvalue weighted by molar-refractivity contribution is 0.0586. The number of esters is 1. The van der Waals surface area contributed by atoms with E-state index in [2.05, 4.69) is 34.6 Å². The highest BCUT2D eigenvalue weighted by Gasteiger charge is 2.22. The Morgan fingerprint density at radius 1 is 1.36 bits per heavy atom. The van der Waals surface area contributed by atoms with Gasteiger partial charge in [0.05, 0.1) is 12.8 Å². The van der Waals surface area contributed by atoms with Crippen LogP contribution < -0.4 is 17.1 Å². The maximum Gasteiger partial charge on any atom is 0.356 e. The smallest absolute Gasteiger partial charge is 0.356 e. The molecule has 0 bridgehead atoms. The number of nitrogens with one attached hydrogen (secondary N) is 1. The highest BCUT2D eigenvalue weighted by atomic mass is 16.5. The van der Waals surface area contributed by atoms with Crippen molar-refractivity contribution in [3.63, 3.8) is 0 Å². The van der Waals surface area contributed by atoms with Crippen molar-refractivity contribution in [2.75, 3.05) is 7.11 Å². The molecule has 0 aliphatic heterocycles. The van der Waals surface area contributed by atoms with Crippen LogP contribution >= 0.6 is 0 Å². The first-order valence-corrected chi connectivity index (χ1v) is 11.3. The largest absolute Gasteiger partial charge is 0.464 e. The van der Waals surface area contributed by atoms with Crippen molar-refractivity contribution in [2.24, 2.45) is 22.7 Å². The van der Waals surface area contributed by atoms with Gasteiger partial charge in [0.25, 0.3) is 0 Å². The number of nitrogens with two attached hydrogens (primary N) is 2. The summed E-state index contributed by atoms with van der Waals surface area (Å²) in [7, 11) is 1.41. The van der Waals surface area contributed by atoms with Crippen molar-refractivity contribution in [3.8, 4) is 0 Å². The molecule has 2 aromatic rings. The Kier molecular flexibility index (Phi) is 10.4. The molecule has 0 saturated heterocycles. The number of nitrogens with zero attached hydrogens (tertiary/aromatic N) is 3. The quantitative estimate of drug-likeness (QED) is 0.119. The molecule has 1 aromatic carbocycles. The van der Waals surface area contributed by atoms with E-state index >= 15 is 0 Å². The molecule has 8 nitrogen and oxygen atoms in total. The highest BCUT2D eigenvalue weighted by molar-refractivity contribution is 6.01. The summed E-state index contributed by atoms with van der Waals surface area (Å²) in [5.74, 6) is 12.2. The highest BCUT2D eigenvalue weighted by Crippen LogP contribution is 2.21. The minimum atomic E-state index is -0.352. The fraction of sp³-hybridized carbons (Fsp3) is 0.400. The average Bonchev–Trinajstić information content (AvgIpc) is 3.13. The number of aryl methyl sites for hydroxylation is 2. The number of rotatable bonds is 11. The molecule has 0 spiro atoms. The first-order chi connectivity index (χ1) is 16.0. The number of methoxy groups -OCH3 is 1. The molecule has 0 aliphatic rings. The van der Waals surface area contributed by atoms with E-state index in [9.17, 15) is 4.79 Å². The lowest BCUT2D eigenvalue weighted by atomic mass is 10.0. The van der Waals surface area contributed by atoms with Crippen LogP contribution in [0.1, 0.15) is 66.2 Å². The summed E-state index contributed by atoms with van der Waals surface area (Å²) in [6.07, 6.45) is 12.0. The number of carbonyl (C=O) groups excluding carboxylic acids is 1. The number of benzene rings is 1. The van der Waals surface area contributed by atoms with E-state index in [1.807, 2.05) is 54.8 Å². The molecule has 0 radical (unpaired) electrons. The lowest BCUT2D eigenvalue weighted by Crippen LogP contribution is -2.32. The maximum absolute atomic E-state index is 12.5. The van der Waals surface area contributed by atoms with Gasteiger partial charge in [-0.2, -0.15) is 5.10 Å². The number of imidazole rings is 1. The standard InChI is InChI=1S/C25H36N6O2/c1-5-7-16-22-28-18(3)23(25(32)33-4)31(22)17-19(11-6-2)12-10-14-20-13-8-9-15-21(20)24(29-26)30-27/h6,8-11,13-15,19H,5,7,12,16-17,26-27H2,1-4H3,(H,29,30)/b11-6-,14-10+. The molecule has 0 aliphatic carbocycles. The zero-order chi connectivity index (χ0) is 24.2. The second-order valence-corrected chi connectivity index (χ2v) is 7.80. The first kappa shape index (κ1) is 25.9. The van der Waals surface area contributed by atoms with Gasteiger partial charge in [0, 0.05) is 18.5 Å². The van der Waals surface area contributed by atoms with Gasteiger partial charge in [0.1, 0.15) is 11.5 Å². The summed E-state index contributed by atoms with van der Waals surface area (Å²) in [6, 6.07) is 7.75. The van der Waals surface area contributed by atoms with Crippen LogP contribution in [0.5, 0.6) is 0 Å². The van der Waals surface area contributed by atoms with Gasteiger partial charge in [-0.15, -0.1) is 0 Å². The van der Waals surface area contributed by atoms with Gasteiger partial charge in [-0.1, -0.05) is 61.9 Å². The number of hydrazone groups is 1. The van der Waals surface area contributed by atoms with Crippen LogP contribution in [0.3, 0.4) is 0 Å². The van der Waals surface area contributed by atoms with Crippen molar-refractivity contribution in [3.05, 3.63) is 70.8 Å². The second kappa shape index (κ2) is 13.2. The Bertz CT molecular complexity index is 1010. The van der Waals surface area contributed by atoms with E-state index in [4.69, 9.17) is 16.4 Å². The molecule has 8 heteroatoms. The monoisotopic (exact) mass is 452 g/mol. The predicted molar refractivity (Wildman–Crippen MR) is 133 cm³/mol. The van der Waals surface area contributed by atoms with Crippen LogP contribution in [-0.2, 0) is 17.7 Å². The van der Waals surface area contributed by atoms with E-state index in [1.54, 1.807) is 0 Å². The molecule has 2 rings (SSSR count). The molecule has 33 heavy (non-hydrogen) atoms. The van der Waals surface area contributed by atoms with Crippen molar-refractivity contribution >= 4 is 17.9 Å². The van der Waals surface area contributed by atoms with Gasteiger partial charge < -0.3 is 20.6 Å². The van der Waals surface area contributed by atoms with Crippen molar-refractivity contribution in [1.82, 2.24) is 15.0 Å². The topological polar surface area (TPSA) is 121 Å². The first-order valence-electron chi connectivity index (χ1n) is 11.3. The van der Waals surface area contributed by atoms with Crippen molar-refractivity contribution < 1.29 is 9.53 Å². The van der Waals surface area contributed by atoms with Crippen LogP contribution in [-0.4, -0.2) is 28.5 Å². The van der Waals surface area contributed by atoms with E-state index in [0.29, 0.717) is 23.8 Å². The van der Waals surface area contributed by atoms with Gasteiger partial charge in [-0.3, -0.25) is 0 Å². The number of hydrogen-bond acceptors (Lipinski definition) is 6. The molecule has 0 amide bonds. The van der Waals surface area contributed by atoms with Gasteiger partial charge >= 0.3 is 5.97 Å². The fourth-order valence-corrected chi connectivity index (χ4v) is 3.84. The van der Waals surface area contributed by atoms with Gasteiger partial charge in [-0.25, -0.2) is 15.6 Å². The zero-order valence-electron chi connectivity index (χ0n) is 20.0. The summed E-state index contributed by atoms with van der Waals surface area (Å²) < 4.78 is 7.07. The summed E-state index contributed by atoms with van der Waals surface area (Å²) in [5, 5.41) is 3.72. The van der Waals surface area contributed by atoms with Crippen LogP contribution in [0.25, 0.3) is 6.08 Å². The molecule has 1 unspecified atom stereocenters. The Morgan fingerprint density at radius 3 is 2.76 bits per heavy atom. The number of unbranched alkanes of at least 4 members (excludes halogenated alkanes) is 1. The van der Waals surface area contributed by atoms with E-state index in [1.165, 1.54) is 7.11 Å². The molecule has 178 valence electrons. The average molecular weight is 453 g/mol. The lowest BCUT2D eigenvalue weighted by Gasteiger charge is -2.17. The van der Waals surface area contributed by atoms with Crippen LogP contribution in [0, 0.1) is 12.8 Å². The van der Waals surface area contributed by atoms with E-state index in [0.717, 1.165) is 42.6 Å². The summed E-state index contributed by atoms with van der Waals surface area (Å²) in [4.78, 5) is 17.2. The van der Waals surface area contributed by atoms with Crippen LogP contribution in [0.2, 0.25) is 0 Å². The Morgan fingerprint density at radius 2 is 2.12 bits per heavy atom. The molecule has 5 N–H and O–H groups in total. The number of ether oxygens (including phenoxy) is 1. The molecule has 0 saturated carbocycles. The number of carbonyl (C=O) groups is 1. The number of aromatic nitrogens is 2. The number of hydrogen-bond donors (Lipinski definition) is 3. The summed E-state index contributed by atoms with van der Waals surface area (Å²) in [6.45, 7) is 6.65. The number of hydrazine groups is 1. The fourth-order valence-electron chi connectivity index (χ4n) is 3.84. The Labute approximate surface area is 196 Å². The second-order valence-electron chi connectivity index (χ2n) is 7.80. The van der Waals surface area contributed by atoms with Gasteiger partial charge in [0.15, 0.2) is 5.84 Å². The zero-order valence-corrected chi connectivity index (χ0v) is 20.0. The Hall–Kier alpha value is -3.39. The molecule has 1 heterocycles. The maximum atomic E-state index is 12.5. The Balaban J connectivity index is 2.31. The molecular formula is C25H36N6O2. The molecule has 0 fully saturated rings. The summed E-state index contributed by atoms with van der Waals surface area (Å²) >= 11 is 0. The third-order valence-electron chi connectivity index (χ3n) is 5.45. The van der Waals surface area contributed by atoms with Crippen molar-refractivity contribution in [2.45, 2.75) is 53.0 Å². The van der Waals surface area contributed by atoms with Crippen molar-refractivity contribution in [1.29, 1.82) is 0 Å². The van der Waals surface area contributed by atoms with Gasteiger partial charge in [0.2, 0.25) is 0 Å². The number of allylic oxidation sites excluding steroid dienone is 3. The normalized spacial score (nSPS) is 13.1. The minimum Gasteiger partial charge on any atom is -0.464 e. The third-order valence-corrected chi connectivity index (χ3v) is 5.45. The van der Waals surface area contributed by atoms with E-state index < -0.39 is 0 Å². The third kappa shape index (κ3) is 6.79. The van der Waals surface area contributed by atoms with E-state index in [-0.39, 0.29) is 11.9 Å². The van der Waals surface area contributed by atoms with Crippen LogP contribution in [0.15, 0.2) is 47.6 Å². The SMILES string of the molecule is C/C=C\C(C/C=C/c1ccccc1C(=NN)NN)Cn1c(CCCC)nc(C)c1C(=O)OC. The number of amidine groups is 1.